The summed E-state index contributed by atoms with van der Waals surface area (Å²) in [5.41, 5.74) is 3.36. The summed E-state index contributed by atoms with van der Waals surface area (Å²) in [5.74, 6) is 1.05. The van der Waals surface area contributed by atoms with Crippen LogP contribution in [0, 0.1) is 6.92 Å². The third-order valence-corrected chi connectivity index (χ3v) is 6.13. The summed E-state index contributed by atoms with van der Waals surface area (Å²) < 4.78 is 33.9. The molecule has 4 nitrogen and oxygen atoms in total. The van der Waals surface area contributed by atoms with Crippen LogP contribution in [0.4, 0.5) is 5.69 Å². The summed E-state index contributed by atoms with van der Waals surface area (Å²) in [7, 11) is -3.60. The molecular weight excluding hydrogens is 322 g/mol. The molecule has 0 radical (unpaired) electrons. The molecule has 0 fully saturated rings. The molecule has 1 heterocycles. The molecule has 124 valence electrons. The maximum atomic E-state index is 12.7. The van der Waals surface area contributed by atoms with Crippen molar-refractivity contribution in [3.63, 3.8) is 0 Å². The van der Waals surface area contributed by atoms with Crippen LogP contribution in [0.1, 0.15) is 29.7 Å². The zero-order chi connectivity index (χ0) is 16.7. The van der Waals surface area contributed by atoms with Crippen LogP contribution in [0.3, 0.4) is 0 Å². The van der Waals surface area contributed by atoms with E-state index in [0.29, 0.717) is 10.6 Å². The molecular formula is C19H19NO3S. The van der Waals surface area contributed by atoms with Crippen molar-refractivity contribution in [2.24, 2.45) is 0 Å². The van der Waals surface area contributed by atoms with Gasteiger partial charge in [0, 0.05) is 23.1 Å². The molecule has 0 spiro atoms. The molecule has 3 aromatic rings. The van der Waals surface area contributed by atoms with Gasteiger partial charge in [0.25, 0.3) is 10.0 Å². The normalized spacial score (nSPS) is 14.5. The minimum absolute atomic E-state index is 0.305. The van der Waals surface area contributed by atoms with Crippen molar-refractivity contribution in [1.29, 1.82) is 0 Å². The van der Waals surface area contributed by atoms with Gasteiger partial charge in [-0.2, -0.15) is 0 Å². The number of nitrogens with one attached hydrogen (secondary N) is 1. The van der Waals surface area contributed by atoms with E-state index in [-0.39, 0.29) is 0 Å². The molecule has 0 saturated carbocycles. The zero-order valence-corrected chi connectivity index (χ0v) is 14.3. The van der Waals surface area contributed by atoms with E-state index in [0.717, 1.165) is 48.0 Å². The van der Waals surface area contributed by atoms with E-state index in [1.807, 2.05) is 18.2 Å². The first-order chi connectivity index (χ1) is 11.5. The summed E-state index contributed by atoms with van der Waals surface area (Å²) in [5, 5.41) is 1.02. The number of aryl methyl sites for hydroxylation is 3. The fraction of sp³-hybridized carbons (Fsp3) is 0.263. The lowest BCUT2D eigenvalue weighted by Crippen LogP contribution is -2.14. The van der Waals surface area contributed by atoms with Crippen LogP contribution in [0.5, 0.6) is 0 Å². The van der Waals surface area contributed by atoms with Gasteiger partial charge < -0.3 is 4.42 Å². The van der Waals surface area contributed by atoms with Crippen molar-refractivity contribution in [1.82, 2.24) is 0 Å². The molecule has 5 heteroatoms. The molecule has 1 N–H and O–H groups in total. The third kappa shape index (κ3) is 2.59. The second-order valence-electron chi connectivity index (χ2n) is 6.29. The number of hydrogen-bond donors (Lipinski definition) is 1. The van der Waals surface area contributed by atoms with Gasteiger partial charge in [-0.15, -0.1) is 0 Å². The molecule has 0 unspecified atom stereocenters. The lowest BCUT2D eigenvalue weighted by molar-refractivity contribution is 0.506. The van der Waals surface area contributed by atoms with E-state index in [2.05, 4.69) is 4.72 Å². The number of anilines is 1. The minimum Gasteiger partial charge on any atom is -0.461 e. The van der Waals surface area contributed by atoms with E-state index in [4.69, 9.17) is 4.42 Å². The highest BCUT2D eigenvalue weighted by molar-refractivity contribution is 7.92. The molecule has 0 atom stereocenters. The van der Waals surface area contributed by atoms with E-state index in [9.17, 15) is 8.42 Å². The number of benzene rings is 2. The summed E-state index contributed by atoms with van der Waals surface area (Å²) >= 11 is 0. The van der Waals surface area contributed by atoms with E-state index >= 15 is 0 Å². The predicted octanol–water partition coefficient (Wildman–Crippen LogP) is 4.42. The molecule has 4 rings (SSSR count). The lowest BCUT2D eigenvalue weighted by atomic mass is 9.96. The van der Waals surface area contributed by atoms with Gasteiger partial charge in [-0.05, 0) is 56.0 Å². The van der Waals surface area contributed by atoms with Gasteiger partial charge in [0.15, 0.2) is 0 Å². The first-order valence-electron chi connectivity index (χ1n) is 8.17. The Morgan fingerprint density at radius 2 is 1.83 bits per heavy atom. The lowest BCUT2D eigenvalue weighted by Gasteiger charge is -2.11. The topological polar surface area (TPSA) is 59.3 Å². The SMILES string of the molecule is Cc1ccccc1S(=O)(=O)Nc1ccc2oc3c(c2c1)CCCC3. The maximum Gasteiger partial charge on any atom is 0.262 e. The molecule has 0 bridgehead atoms. The Balaban J connectivity index is 1.73. The van der Waals surface area contributed by atoms with Crippen LogP contribution in [0.15, 0.2) is 51.8 Å². The predicted molar refractivity (Wildman–Crippen MR) is 94.8 cm³/mol. The van der Waals surface area contributed by atoms with Gasteiger partial charge in [-0.3, -0.25) is 4.72 Å². The monoisotopic (exact) mass is 341 g/mol. The van der Waals surface area contributed by atoms with Gasteiger partial charge in [0.1, 0.15) is 11.3 Å². The average molecular weight is 341 g/mol. The van der Waals surface area contributed by atoms with Gasteiger partial charge in [0.05, 0.1) is 4.90 Å². The van der Waals surface area contributed by atoms with Crippen molar-refractivity contribution in [3.8, 4) is 0 Å². The van der Waals surface area contributed by atoms with Gasteiger partial charge in [-0.25, -0.2) is 8.42 Å². The molecule has 1 aliphatic carbocycles. The van der Waals surface area contributed by atoms with E-state index < -0.39 is 10.0 Å². The molecule has 24 heavy (non-hydrogen) atoms. The molecule has 2 aromatic carbocycles. The van der Waals surface area contributed by atoms with Crippen molar-refractivity contribution in [3.05, 3.63) is 59.4 Å². The van der Waals surface area contributed by atoms with Crippen LogP contribution in [-0.4, -0.2) is 8.42 Å². The standard InChI is InChI=1S/C19H19NO3S/c1-13-6-2-5-9-19(13)24(21,22)20-14-10-11-18-16(12-14)15-7-3-4-8-17(15)23-18/h2,5-6,9-12,20H,3-4,7-8H2,1H3. The van der Waals surface area contributed by atoms with Crippen molar-refractivity contribution in [2.75, 3.05) is 4.72 Å². The van der Waals surface area contributed by atoms with Crippen LogP contribution in [0.2, 0.25) is 0 Å². The quantitative estimate of drug-likeness (QED) is 0.767. The van der Waals surface area contributed by atoms with Crippen LogP contribution < -0.4 is 4.72 Å². The van der Waals surface area contributed by atoms with Crippen molar-refractivity contribution < 1.29 is 12.8 Å². The highest BCUT2D eigenvalue weighted by Crippen LogP contribution is 2.33. The molecule has 1 aromatic heterocycles. The summed E-state index contributed by atoms with van der Waals surface area (Å²) in [4.78, 5) is 0.305. The Labute approximate surface area is 141 Å². The second-order valence-corrected chi connectivity index (χ2v) is 7.94. The summed E-state index contributed by atoms with van der Waals surface area (Å²) in [6, 6.07) is 12.5. The highest BCUT2D eigenvalue weighted by Gasteiger charge is 2.20. The number of furan rings is 1. The summed E-state index contributed by atoms with van der Waals surface area (Å²) in [6.45, 7) is 1.80. The summed E-state index contributed by atoms with van der Waals surface area (Å²) in [6.07, 6.45) is 4.27. The first-order valence-corrected chi connectivity index (χ1v) is 9.66. The number of rotatable bonds is 3. The molecule has 0 saturated heterocycles. The average Bonchev–Trinajstić information content (AvgIpc) is 2.93. The number of fused-ring (bicyclic) bond motifs is 3. The van der Waals surface area contributed by atoms with Crippen molar-refractivity contribution >= 4 is 26.7 Å². The molecule has 1 aliphatic rings. The van der Waals surface area contributed by atoms with E-state index in [1.54, 1.807) is 31.2 Å². The van der Waals surface area contributed by atoms with Gasteiger partial charge in [-0.1, -0.05) is 18.2 Å². The Bertz CT molecular complexity index is 1020. The largest absolute Gasteiger partial charge is 0.461 e. The molecule has 0 amide bonds. The van der Waals surface area contributed by atoms with Crippen LogP contribution >= 0.6 is 0 Å². The van der Waals surface area contributed by atoms with Crippen molar-refractivity contribution in [2.45, 2.75) is 37.5 Å². The van der Waals surface area contributed by atoms with Crippen LogP contribution in [0.25, 0.3) is 11.0 Å². The Morgan fingerprint density at radius 3 is 2.67 bits per heavy atom. The Morgan fingerprint density at radius 1 is 1.04 bits per heavy atom. The fourth-order valence-corrected chi connectivity index (χ4v) is 4.69. The first kappa shape index (κ1) is 15.3. The molecule has 0 aliphatic heterocycles. The Hall–Kier alpha value is -2.27. The fourth-order valence-electron chi connectivity index (χ4n) is 3.39. The Kier molecular flexibility index (Phi) is 3.61. The maximum absolute atomic E-state index is 12.7. The van der Waals surface area contributed by atoms with Gasteiger partial charge >= 0.3 is 0 Å². The number of sulfonamides is 1. The number of hydrogen-bond acceptors (Lipinski definition) is 3. The van der Waals surface area contributed by atoms with Crippen LogP contribution in [-0.2, 0) is 22.9 Å². The second kappa shape index (κ2) is 5.67. The minimum atomic E-state index is -3.60. The van der Waals surface area contributed by atoms with Gasteiger partial charge in [0.2, 0.25) is 0 Å². The smallest absolute Gasteiger partial charge is 0.262 e. The highest BCUT2D eigenvalue weighted by atomic mass is 32.2. The zero-order valence-electron chi connectivity index (χ0n) is 13.5. The third-order valence-electron chi connectivity index (χ3n) is 4.59. The van der Waals surface area contributed by atoms with E-state index in [1.165, 1.54) is 5.56 Å².